The second kappa shape index (κ2) is 18.8. The Morgan fingerprint density at radius 1 is 0.870 bits per heavy atom. The van der Waals surface area contributed by atoms with E-state index >= 15 is 0 Å². The standard InChI is InChI=1S/C50H73NO3/c1-7-8-15-38-17-22-41(23-18-38)51-35-39-19-24-42(25-20-39)53-33-11-9-10-16-48(52)54-43-29-31-49(5)40(34-43)21-26-44-46-28-27-45(37(4)14-12-13-36(2)3)50(46,6)32-30-47(44)49/h17-25,35-37,43-47H,7-16,26-34H2,1-6H3/t37-,43?,44+,45-,46+,47+,49+,50-/m1/s1. The minimum Gasteiger partial charge on any atom is -0.494 e. The van der Waals surface area contributed by atoms with Gasteiger partial charge in [0.2, 0.25) is 0 Å². The van der Waals surface area contributed by atoms with Crippen molar-refractivity contribution in [3.8, 4) is 5.75 Å². The van der Waals surface area contributed by atoms with Crippen LogP contribution in [0, 0.1) is 46.3 Å². The van der Waals surface area contributed by atoms with Crippen LogP contribution >= 0.6 is 0 Å². The summed E-state index contributed by atoms with van der Waals surface area (Å²) in [6, 6.07) is 16.7. The predicted octanol–water partition coefficient (Wildman–Crippen LogP) is 13.7. The van der Waals surface area contributed by atoms with Crippen molar-refractivity contribution in [1.29, 1.82) is 0 Å². The molecule has 0 bridgehead atoms. The summed E-state index contributed by atoms with van der Waals surface area (Å²) in [6.45, 7) is 15.5. The highest BCUT2D eigenvalue weighted by Gasteiger charge is 2.59. The van der Waals surface area contributed by atoms with E-state index in [9.17, 15) is 4.79 Å². The Labute approximate surface area is 329 Å². The number of benzene rings is 2. The number of unbranched alkanes of at least 4 members (excludes halogenated alkanes) is 3. The van der Waals surface area contributed by atoms with Gasteiger partial charge in [0.05, 0.1) is 12.3 Å². The molecule has 2 aromatic rings. The zero-order valence-electron chi connectivity index (χ0n) is 34.9. The van der Waals surface area contributed by atoms with Gasteiger partial charge in [-0.3, -0.25) is 9.79 Å². The molecule has 4 nitrogen and oxygen atoms in total. The average molecular weight is 736 g/mol. The molecule has 3 fully saturated rings. The molecule has 54 heavy (non-hydrogen) atoms. The van der Waals surface area contributed by atoms with Gasteiger partial charge in [-0.15, -0.1) is 0 Å². The van der Waals surface area contributed by atoms with E-state index in [4.69, 9.17) is 9.47 Å². The largest absolute Gasteiger partial charge is 0.494 e. The number of carbonyl (C=O) groups excluding carboxylic acids is 1. The molecule has 3 saturated carbocycles. The van der Waals surface area contributed by atoms with Crippen LogP contribution in [0.5, 0.6) is 5.75 Å². The normalized spacial score (nSPS) is 29.7. The molecule has 0 amide bonds. The topological polar surface area (TPSA) is 47.9 Å². The molecule has 4 aliphatic carbocycles. The van der Waals surface area contributed by atoms with Crippen molar-refractivity contribution in [2.75, 3.05) is 6.61 Å². The molecule has 1 unspecified atom stereocenters. The summed E-state index contributed by atoms with van der Waals surface area (Å²) >= 11 is 0. The van der Waals surface area contributed by atoms with E-state index in [1.165, 1.54) is 76.2 Å². The maximum atomic E-state index is 12.9. The van der Waals surface area contributed by atoms with Crippen LogP contribution in [0.15, 0.2) is 65.2 Å². The molecule has 0 saturated heterocycles. The van der Waals surface area contributed by atoms with Gasteiger partial charge >= 0.3 is 5.97 Å². The van der Waals surface area contributed by atoms with E-state index in [1.54, 1.807) is 5.57 Å². The quantitative estimate of drug-likeness (QED) is 0.0663. The lowest BCUT2D eigenvalue weighted by molar-refractivity contribution is -0.151. The Hall–Kier alpha value is -2.88. The number of nitrogens with zero attached hydrogens (tertiary/aromatic N) is 1. The SMILES string of the molecule is CCCCc1ccc(N=Cc2ccc(OCCCCCC(=O)OC3CC[C@@]4(C)C(=CC[C@H]5[C@@H]6CC[C@H]([C@H](C)CCCC(C)C)[C@@]6(C)CC[C@@H]54)C3)cc2)cc1. The average Bonchev–Trinajstić information content (AvgIpc) is 3.52. The number of allylic oxidation sites excluding steroid dienone is 1. The zero-order valence-corrected chi connectivity index (χ0v) is 34.9. The van der Waals surface area contributed by atoms with Gasteiger partial charge in [0.1, 0.15) is 11.9 Å². The number of hydrogen-bond acceptors (Lipinski definition) is 4. The van der Waals surface area contributed by atoms with Crippen LogP contribution in [-0.4, -0.2) is 24.9 Å². The van der Waals surface area contributed by atoms with E-state index in [0.717, 1.165) is 91.0 Å². The maximum absolute atomic E-state index is 12.9. The Kier molecular flexibility index (Phi) is 14.2. The fourth-order valence-electron chi connectivity index (χ4n) is 11.7. The summed E-state index contributed by atoms with van der Waals surface area (Å²) in [5.74, 6) is 5.98. The first-order valence-corrected chi connectivity index (χ1v) is 22.3. The predicted molar refractivity (Wildman–Crippen MR) is 226 cm³/mol. The van der Waals surface area contributed by atoms with Crippen LogP contribution in [0.1, 0.15) is 162 Å². The highest BCUT2D eigenvalue weighted by atomic mass is 16.5. The van der Waals surface area contributed by atoms with E-state index in [0.29, 0.717) is 23.9 Å². The van der Waals surface area contributed by atoms with Crippen LogP contribution in [0.25, 0.3) is 0 Å². The van der Waals surface area contributed by atoms with Gasteiger partial charge in [-0.2, -0.15) is 0 Å². The number of carbonyl (C=O) groups is 1. The van der Waals surface area contributed by atoms with E-state index in [1.807, 2.05) is 30.5 Å². The maximum Gasteiger partial charge on any atom is 0.306 e. The van der Waals surface area contributed by atoms with Crippen molar-refractivity contribution >= 4 is 17.9 Å². The molecule has 0 N–H and O–H groups in total. The molecule has 0 spiro atoms. The summed E-state index contributed by atoms with van der Waals surface area (Å²) in [5.41, 5.74) is 5.84. The highest BCUT2D eigenvalue weighted by Crippen LogP contribution is 2.67. The first kappa shape index (κ1) is 40.8. The van der Waals surface area contributed by atoms with E-state index in [-0.39, 0.29) is 12.1 Å². The Morgan fingerprint density at radius 3 is 2.43 bits per heavy atom. The monoisotopic (exact) mass is 736 g/mol. The van der Waals surface area contributed by atoms with E-state index in [2.05, 4.69) is 76.9 Å². The lowest BCUT2D eigenvalue weighted by Gasteiger charge is -2.58. The Balaban J connectivity index is 0.880. The second-order valence-corrected chi connectivity index (χ2v) is 18.9. The first-order chi connectivity index (χ1) is 26.1. The number of esters is 1. The fraction of sp³-hybridized carbons (Fsp3) is 0.680. The number of ether oxygens (including phenoxy) is 2. The van der Waals surface area contributed by atoms with Crippen molar-refractivity contribution < 1.29 is 14.3 Å². The number of aliphatic imine (C=N–C) groups is 1. The fourth-order valence-corrected chi connectivity index (χ4v) is 11.7. The molecular formula is C50H73NO3. The van der Waals surface area contributed by atoms with Crippen LogP contribution in [0.3, 0.4) is 0 Å². The zero-order chi connectivity index (χ0) is 38.1. The summed E-state index contributed by atoms with van der Waals surface area (Å²) in [5, 5.41) is 0. The van der Waals surface area contributed by atoms with Crippen LogP contribution in [-0.2, 0) is 16.0 Å². The van der Waals surface area contributed by atoms with Gasteiger partial charge in [0.25, 0.3) is 0 Å². The van der Waals surface area contributed by atoms with Crippen molar-refractivity contribution in [3.05, 3.63) is 71.3 Å². The number of hydrogen-bond donors (Lipinski definition) is 0. The Bertz CT molecular complexity index is 1540. The van der Waals surface area contributed by atoms with Crippen molar-refractivity contribution in [2.45, 2.75) is 163 Å². The molecule has 2 aromatic carbocycles. The van der Waals surface area contributed by atoms with E-state index < -0.39 is 0 Å². The third-order valence-electron chi connectivity index (χ3n) is 14.9. The number of rotatable bonds is 18. The van der Waals surface area contributed by atoms with Crippen molar-refractivity contribution in [3.63, 3.8) is 0 Å². The molecule has 0 aliphatic heterocycles. The molecule has 0 radical (unpaired) electrons. The molecule has 0 aromatic heterocycles. The minimum absolute atomic E-state index is 0.0172. The lowest BCUT2D eigenvalue weighted by Crippen LogP contribution is -2.51. The molecule has 0 heterocycles. The van der Waals surface area contributed by atoms with Crippen LogP contribution in [0.2, 0.25) is 0 Å². The smallest absolute Gasteiger partial charge is 0.306 e. The van der Waals surface area contributed by atoms with Gasteiger partial charge in [-0.1, -0.05) is 91.0 Å². The van der Waals surface area contributed by atoms with Gasteiger partial charge in [0.15, 0.2) is 0 Å². The summed E-state index contributed by atoms with van der Waals surface area (Å²) < 4.78 is 12.1. The lowest BCUT2D eigenvalue weighted by atomic mass is 9.47. The Morgan fingerprint density at radius 2 is 1.67 bits per heavy atom. The number of aryl methyl sites for hydroxylation is 1. The summed E-state index contributed by atoms with van der Waals surface area (Å²) in [7, 11) is 0. The summed E-state index contributed by atoms with van der Waals surface area (Å²) in [4.78, 5) is 17.6. The van der Waals surface area contributed by atoms with Gasteiger partial charge in [0, 0.05) is 19.1 Å². The van der Waals surface area contributed by atoms with Crippen molar-refractivity contribution in [1.82, 2.24) is 0 Å². The second-order valence-electron chi connectivity index (χ2n) is 18.9. The van der Waals surface area contributed by atoms with Crippen molar-refractivity contribution in [2.24, 2.45) is 51.3 Å². The van der Waals surface area contributed by atoms with Crippen LogP contribution in [0.4, 0.5) is 5.69 Å². The molecule has 8 atom stereocenters. The molecular weight excluding hydrogens is 663 g/mol. The number of fused-ring (bicyclic) bond motifs is 5. The third-order valence-corrected chi connectivity index (χ3v) is 14.9. The molecule has 296 valence electrons. The highest BCUT2D eigenvalue weighted by molar-refractivity contribution is 5.82. The molecule has 4 aliphatic rings. The van der Waals surface area contributed by atoms with Crippen LogP contribution < -0.4 is 4.74 Å². The minimum atomic E-state index is -0.0172. The van der Waals surface area contributed by atoms with Gasteiger partial charge < -0.3 is 9.47 Å². The van der Waals surface area contributed by atoms with Gasteiger partial charge in [-0.25, -0.2) is 0 Å². The summed E-state index contributed by atoms with van der Waals surface area (Å²) in [6.07, 6.45) is 25.7. The molecule has 6 rings (SSSR count). The molecule has 4 heteroatoms. The first-order valence-electron chi connectivity index (χ1n) is 22.3. The third kappa shape index (κ3) is 9.91. The van der Waals surface area contributed by atoms with Gasteiger partial charge in [-0.05, 0) is 171 Å².